The molecular weight excluding hydrogens is 366 g/mol. The number of nitrogens with one attached hydrogen (secondary N) is 1. The molecule has 0 saturated heterocycles. The smallest absolute Gasteiger partial charge is 0.322 e. The van der Waals surface area contributed by atoms with E-state index < -0.39 is 0 Å². The number of carbonyl (C=O) groups is 1. The molecule has 0 bridgehead atoms. The largest absolute Gasteiger partial charge is 0.493 e. The second-order valence-corrected chi connectivity index (χ2v) is 6.73. The Kier molecular flexibility index (Phi) is 5.97. The second kappa shape index (κ2) is 8.59. The normalized spacial score (nSPS) is 10.5. The molecule has 1 amide bonds. The highest BCUT2D eigenvalue weighted by molar-refractivity contribution is 7.99. The van der Waals surface area contributed by atoms with Crippen LogP contribution in [-0.4, -0.2) is 36.1 Å². The molecular formula is C19H19N3O4S. The summed E-state index contributed by atoms with van der Waals surface area (Å²) in [6.45, 7) is 2.08. The molecule has 3 rings (SSSR count). The first-order valence-corrected chi connectivity index (χ1v) is 9.23. The van der Waals surface area contributed by atoms with Gasteiger partial charge in [0.25, 0.3) is 5.91 Å². The van der Waals surface area contributed by atoms with Gasteiger partial charge in [-0.15, -0.1) is 16.9 Å². The lowest BCUT2D eigenvalue weighted by molar-refractivity contribution is 0.102. The molecule has 0 unspecified atom stereocenters. The van der Waals surface area contributed by atoms with E-state index in [9.17, 15) is 4.79 Å². The highest BCUT2D eigenvalue weighted by Gasteiger charge is 2.14. The van der Waals surface area contributed by atoms with Gasteiger partial charge in [-0.05, 0) is 48.2 Å². The van der Waals surface area contributed by atoms with Gasteiger partial charge < -0.3 is 13.9 Å². The maximum absolute atomic E-state index is 12.3. The van der Waals surface area contributed by atoms with Crippen LogP contribution in [0.15, 0.2) is 51.8 Å². The van der Waals surface area contributed by atoms with Gasteiger partial charge >= 0.3 is 6.01 Å². The quantitative estimate of drug-likeness (QED) is 0.612. The molecule has 0 aliphatic heterocycles. The van der Waals surface area contributed by atoms with Crippen molar-refractivity contribution in [2.45, 2.75) is 11.8 Å². The van der Waals surface area contributed by atoms with E-state index in [0.29, 0.717) is 22.6 Å². The SMILES string of the molecule is CCSc1ccc(C(=O)Nc2nnc(-c3ccc(OC)c(OC)c3)o2)cc1. The average molecular weight is 385 g/mol. The molecule has 8 heteroatoms. The van der Waals surface area contributed by atoms with Gasteiger partial charge in [-0.2, -0.15) is 0 Å². The van der Waals surface area contributed by atoms with Gasteiger partial charge in [-0.1, -0.05) is 12.0 Å². The van der Waals surface area contributed by atoms with Crippen molar-refractivity contribution in [1.82, 2.24) is 10.2 Å². The van der Waals surface area contributed by atoms with Gasteiger partial charge in [-0.3, -0.25) is 10.1 Å². The van der Waals surface area contributed by atoms with Crippen LogP contribution in [0.5, 0.6) is 11.5 Å². The first kappa shape index (κ1) is 18.8. The molecule has 0 aliphatic rings. The van der Waals surface area contributed by atoms with Crippen LogP contribution in [0.1, 0.15) is 17.3 Å². The number of carbonyl (C=O) groups excluding carboxylic acids is 1. The fraction of sp³-hybridized carbons (Fsp3) is 0.211. The second-order valence-electron chi connectivity index (χ2n) is 5.39. The molecule has 7 nitrogen and oxygen atoms in total. The molecule has 3 aromatic rings. The molecule has 1 heterocycles. The summed E-state index contributed by atoms with van der Waals surface area (Å²) in [5.74, 6) is 2.07. The van der Waals surface area contributed by atoms with E-state index >= 15 is 0 Å². The fourth-order valence-corrected chi connectivity index (χ4v) is 3.06. The summed E-state index contributed by atoms with van der Waals surface area (Å²) in [4.78, 5) is 13.4. The maximum atomic E-state index is 12.3. The molecule has 2 aromatic carbocycles. The van der Waals surface area contributed by atoms with E-state index in [1.54, 1.807) is 56.3 Å². The third-order valence-electron chi connectivity index (χ3n) is 3.70. The van der Waals surface area contributed by atoms with E-state index in [2.05, 4.69) is 22.4 Å². The Morgan fingerprint density at radius 2 is 1.81 bits per heavy atom. The monoisotopic (exact) mass is 385 g/mol. The molecule has 0 aliphatic carbocycles. The molecule has 27 heavy (non-hydrogen) atoms. The van der Waals surface area contributed by atoms with Crippen LogP contribution >= 0.6 is 11.8 Å². The lowest BCUT2D eigenvalue weighted by Gasteiger charge is -2.07. The van der Waals surface area contributed by atoms with Crippen molar-refractivity contribution in [3.63, 3.8) is 0 Å². The summed E-state index contributed by atoms with van der Waals surface area (Å²) in [5.41, 5.74) is 1.17. The van der Waals surface area contributed by atoms with Crippen molar-refractivity contribution in [3.8, 4) is 23.0 Å². The van der Waals surface area contributed by atoms with E-state index in [4.69, 9.17) is 13.9 Å². The van der Waals surface area contributed by atoms with Gasteiger partial charge in [0.05, 0.1) is 14.2 Å². The van der Waals surface area contributed by atoms with Crippen LogP contribution in [-0.2, 0) is 0 Å². The number of hydrogen-bond acceptors (Lipinski definition) is 7. The molecule has 1 aromatic heterocycles. The molecule has 0 fully saturated rings. The van der Waals surface area contributed by atoms with Crippen LogP contribution in [0.4, 0.5) is 6.01 Å². The number of thioether (sulfide) groups is 1. The number of nitrogens with zero attached hydrogens (tertiary/aromatic N) is 2. The topological polar surface area (TPSA) is 86.5 Å². The number of ether oxygens (including phenoxy) is 2. The molecule has 1 N–H and O–H groups in total. The van der Waals surface area contributed by atoms with Crippen LogP contribution < -0.4 is 14.8 Å². The Labute approximate surface area is 161 Å². The zero-order valence-corrected chi connectivity index (χ0v) is 16.0. The van der Waals surface area contributed by atoms with E-state index in [0.717, 1.165) is 10.6 Å². The molecule has 140 valence electrons. The Morgan fingerprint density at radius 1 is 1.07 bits per heavy atom. The predicted octanol–water partition coefficient (Wildman–Crippen LogP) is 4.12. The van der Waals surface area contributed by atoms with E-state index in [1.807, 2.05) is 12.1 Å². The minimum atomic E-state index is -0.314. The van der Waals surface area contributed by atoms with Gasteiger partial charge in [0, 0.05) is 16.0 Å². The van der Waals surface area contributed by atoms with Crippen LogP contribution in [0, 0.1) is 0 Å². The molecule has 0 radical (unpaired) electrons. The Morgan fingerprint density at radius 3 is 2.48 bits per heavy atom. The number of rotatable bonds is 7. The van der Waals surface area contributed by atoms with Crippen LogP contribution in [0.2, 0.25) is 0 Å². The lowest BCUT2D eigenvalue weighted by atomic mass is 10.2. The Bertz CT molecular complexity index is 925. The van der Waals surface area contributed by atoms with Crippen molar-refractivity contribution in [2.24, 2.45) is 0 Å². The first-order chi connectivity index (χ1) is 13.1. The molecule has 0 atom stereocenters. The van der Waals surface area contributed by atoms with Gasteiger partial charge in [0.15, 0.2) is 11.5 Å². The van der Waals surface area contributed by atoms with Gasteiger partial charge in [-0.25, -0.2) is 0 Å². The predicted molar refractivity (Wildman–Crippen MR) is 104 cm³/mol. The van der Waals surface area contributed by atoms with E-state index in [1.165, 1.54) is 0 Å². The van der Waals surface area contributed by atoms with Crippen LogP contribution in [0.25, 0.3) is 11.5 Å². The van der Waals surface area contributed by atoms with Gasteiger partial charge in [0.2, 0.25) is 5.89 Å². The summed E-state index contributed by atoms with van der Waals surface area (Å²) in [6, 6.07) is 12.6. The number of amides is 1. The number of methoxy groups -OCH3 is 2. The van der Waals surface area contributed by atoms with Crippen molar-refractivity contribution in [3.05, 3.63) is 48.0 Å². The molecule has 0 spiro atoms. The third-order valence-corrected chi connectivity index (χ3v) is 4.60. The first-order valence-electron chi connectivity index (χ1n) is 8.24. The number of benzene rings is 2. The average Bonchev–Trinajstić information content (AvgIpc) is 3.16. The zero-order chi connectivity index (χ0) is 19.2. The maximum Gasteiger partial charge on any atom is 0.322 e. The minimum absolute atomic E-state index is 0.0248. The van der Waals surface area contributed by atoms with Crippen molar-refractivity contribution < 1.29 is 18.7 Å². The number of anilines is 1. The fourth-order valence-electron chi connectivity index (χ4n) is 2.40. The summed E-state index contributed by atoms with van der Waals surface area (Å²) in [6.07, 6.45) is 0. The van der Waals surface area contributed by atoms with Crippen LogP contribution in [0.3, 0.4) is 0 Å². The van der Waals surface area contributed by atoms with Gasteiger partial charge in [0.1, 0.15) is 0 Å². The van der Waals surface area contributed by atoms with Crippen molar-refractivity contribution in [2.75, 3.05) is 25.3 Å². The number of hydrogen-bond donors (Lipinski definition) is 1. The molecule has 0 saturated carbocycles. The summed E-state index contributed by atoms with van der Waals surface area (Å²) in [7, 11) is 3.11. The van der Waals surface area contributed by atoms with Crippen molar-refractivity contribution >= 4 is 23.7 Å². The lowest BCUT2D eigenvalue weighted by Crippen LogP contribution is -2.11. The standard InChI is InChI=1S/C19H19N3O4S/c1-4-27-14-8-5-12(6-9-14)17(23)20-19-22-21-18(26-19)13-7-10-15(24-2)16(11-13)25-3/h5-11H,4H2,1-3H3,(H,20,22,23). The highest BCUT2D eigenvalue weighted by atomic mass is 32.2. The van der Waals surface area contributed by atoms with Crippen molar-refractivity contribution in [1.29, 1.82) is 0 Å². The van der Waals surface area contributed by atoms with E-state index in [-0.39, 0.29) is 17.8 Å². The summed E-state index contributed by atoms with van der Waals surface area (Å²) < 4.78 is 16.0. The number of aromatic nitrogens is 2. The Hall–Kier alpha value is -3.00. The summed E-state index contributed by atoms with van der Waals surface area (Å²) >= 11 is 1.71. The third kappa shape index (κ3) is 4.40. The minimum Gasteiger partial charge on any atom is -0.493 e. The summed E-state index contributed by atoms with van der Waals surface area (Å²) in [5, 5.41) is 10.5. The highest BCUT2D eigenvalue weighted by Crippen LogP contribution is 2.32. The zero-order valence-electron chi connectivity index (χ0n) is 15.2. The Balaban J connectivity index is 1.73.